The van der Waals surface area contributed by atoms with Gasteiger partial charge in [-0.3, -0.25) is 4.79 Å². The van der Waals surface area contributed by atoms with Crippen molar-refractivity contribution in [3.63, 3.8) is 0 Å². The Kier molecular flexibility index (Phi) is 4.17. The molecule has 0 unspecified atom stereocenters. The van der Waals surface area contributed by atoms with Crippen LogP contribution in [0.5, 0.6) is 5.75 Å². The van der Waals surface area contributed by atoms with Crippen molar-refractivity contribution in [2.75, 3.05) is 0 Å². The monoisotopic (exact) mass is 293 g/mol. The van der Waals surface area contributed by atoms with Gasteiger partial charge in [-0.25, -0.2) is 14.2 Å². The number of carboxylic acids is 1. The zero-order valence-electron chi connectivity index (χ0n) is 10.7. The van der Waals surface area contributed by atoms with Crippen LogP contribution in [0.3, 0.4) is 0 Å². The number of carboxylic acid groups (broad SMARTS) is 1. The molecule has 1 aromatic heterocycles. The van der Waals surface area contributed by atoms with Gasteiger partial charge in [0.05, 0.1) is 11.9 Å². The Labute approximate surface area is 118 Å². The summed E-state index contributed by atoms with van der Waals surface area (Å²) in [5, 5.41) is 20.9. The van der Waals surface area contributed by atoms with Gasteiger partial charge in [0.2, 0.25) is 0 Å². The van der Waals surface area contributed by atoms with Crippen molar-refractivity contribution >= 4 is 11.9 Å². The summed E-state index contributed by atoms with van der Waals surface area (Å²) in [5.74, 6) is -3.27. The minimum atomic E-state index is -1.26. The van der Waals surface area contributed by atoms with Crippen LogP contribution in [0.15, 0.2) is 30.7 Å². The first-order valence-electron chi connectivity index (χ1n) is 5.97. The first-order valence-corrected chi connectivity index (χ1v) is 5.97. The number of hydrogen-bond acceptors (Lipinski definition) is 4. The van der Waals surface area contributed by atoms with E-state index in [0.717, 1.165) is 18.2 Å². The van der Waals surface area contributed by atoms with E-state index in [2.05, 4.69) is 15.3 Å². The highest BCUT2D eigenvalue weighted by Crippen LogP contribution is 2.18. The Morgan fingerprint density at radius 2 is 2.19 bits per heavy atom. The van der Waals surface area contributed by atoms with Gasteiger partial charge < -0.3 is 20.5 Å². The van der Waals surface area contributed by atoms with Crippen molar-refractivity contribution in [3.05, 3.63) is 47.8 Å². The number of hydrogen-bond donors (Lipinski definition) is 4. The second kappa shape index (κ2) is 6.04. The Hall–Kier alpha value is -2.90. The van der Waals surface area contributed by atoms with Crippen LogP contribution in [0.25, 0.3) is 0 Å². The number of nitrogens with zero attached hydrogens (tertiary/aromatic N) is 1. The minimum Gasteiger partial charge on any atom is -0.507 e. The Balaban J connectivity index is 2.14. The number of rotatable bonds is 5. The number of H-pyrrole nitrogens is 1. The molecule has 8 heteroatoms. The average molecular weight is 293 g/mol. The van der Waals surface area contributed by atoms with Gasteiger partial charge in [0.15, 0.2) is 0 Å². The molecule has 0 aliphatic rings. The highest BCUT2D eigenvalue weighted by atomic mass is 19.1. The zero-order chi connectivity index (χ0) is 15.4. The number of carbonyl (C=O) groups is 2. The molecule has 1 aromatic carbocycles. The van der Waals surface area contributed by atoms with E-state index in [9.17, 15) is 19.1 Å². The Morgan fingerprint density at radius 1 is 1.43 bits per heavy atom. The summed E-state index contributed by atoms with van der Waals surface area (Å²) in [6.07, 6.45) is 2.80. The molecule has 2 rings (SSSR count). The highest BCUT2D eigenvalue weighted by Gasteiger charge is 2.23. The molecule has 0 bridgehead atoms. The average Bonchev–Trinajstić information content (AvgIpc) is 2.93. The number of aromatic nitrogens is 2. The number of aromatic hydroxyl groups is 1. The molecule has 1 heterocycles. The van der Waals surface area contributed by atoms with Crippen LogP contribution >= 0.6 is 0 Å². The van der Waals surface area contributed by atoms with Crippen LogP contribution in [-0.2, 0) is 11.2 Å². The molecule has 2 aromatic rings. The van der Waals surface area contributed by atoms with Gasteiger partial charge in [-0.1, -0.05) is 0 Å². The predicted molar refractivity (Wildman–Crippen MR) is 69.2 cm³/mol. The van der Waals surface area contributed by atoms with Crippen molar-refractivity contribution < 1.29 is 24.2 Å². The van der Waals surface area contributed by atoms with E-state index in [-0.39, 0.29) is 12.0 Å². The van der Waals surface area contributed by atoms with Gasteiger partial charge in [0, 0.05) is 18.3 Å². The van der Waals surface area contributed by atoms with Crippen LogP contribution in [0, 0.1) is 5.82 Å². The molecule has 1 atom stereocenters. The Morgan fingerprint density at radius 3 is 2.81 bits per heavy atom. The molecule has 4 N–H and O–H groups in total. The van der Waals surface area contributed by atoms with E-state index in [1.165, 1.54) is 12.5 Å². The molecule has 0 spiro atoms. The second-order valence-electron chi connectivity index (χ2n) is 4.31. The van der Waals surface area contributed by atoms with Gasteiger partial charge in [-0.2, -0.15) is 0 Å². The fourth-order valence-corrected chi connectivity index (χ4v) is 1.74. The molecule has 0 aliphatic heterocycles. The summed E-state index contributed by atoms with van der Waals surface area (Å²) in [4.78, 5) is 29.6. The fraction of sp³-hybridized carbons (Fsp3) is 0.154. The molecule has 0 fully saturated rings. The molecular formula is C13H12FN3O4. The van der Waals surface area contributed by atoms with Crippen molar-refractivity contribution in [1.29, 1.82) is 0 Å². The molecule has 1 amide bonds. The fourth-order valence-electron chi connectivity index (χ4n) is 1.74. The number of phenols is 1. The Bertz CT molecular complexity index is 657. The smallest absolute Gasteiger partial charge is 0.326 e. The number of phenolic OH excluding ortho intramolecular Hbond substituents is 1. The van der Waals surface area contributed by atoms with Gasteiger partial charge in [-0.15, -0.1) is 0 Å². The lowest BCUT2D eigenvalue weighted by Gasteiger charge is -2.14. The summed E-state index contributed by atoms with van der Waals surface area (Å²) in [6.45, 7) is 0. The van der Waals surface area contributed by atoms with Crippen molar-refractivity contribution in [1.82, 2.24) is 15.3 Å². The summed E-state index contributed by atoms with van der Waals surface area (Å²) < 4.78 is 13.1. The SMILES string of the molecule is O=C(N[C@H](Cc1cnc[nH]1)C(=O)O)c1cc(F)ccc1O. The summed E-state index contributed by atoms with van der Waals surface area (Å²) in [6, 6.07) is 1.61. The minimum absolute atomic E-state index is 0.0167. The maximum Gasteiger partial charge on any atom is 0.326 e. The highest BCUT2D eigenvalue weighted by molar-refractivity contribution is 5.98. The quantitative estimate of drug-likeness (QED) is 0.647. The van der Waals surface area contributed by atoms with E-state index < -0.39 is 29.5 Å². The van der Waals surface area contributed by atoms with E-state index in [0.29, 0.717) is 5.69 Å². The summed E-state index contributed by atoms with van der Waals surface area (Å²) in [5.41, 5.74) is 0.192. The van der Waals surface area contributed by atoms with Crippen molar-refractivity contribution in [3.8, 4) is 5.75 Å². The molecule has 21 heavy (non-hydrogen) atoms. The van der Waals surface area contributed by atoms with Crippen molar-refractivity contribution in [2.24, 2.45) is 0 Å². The van der Waals surface area contributed by atoms with Gasteiger partial charge in [-0.05, 0) is 18.2 Å². The number of imidazole rings is 1. The van der Waals surface area contributed by atoms with Crippen LogP contribution in [0.1, 0.15) is 16.1 Å². The van der Waals surface area contributed by atoms with Crippen LogP contribution in [0.2, 0.25) is 0 Å². The van der Waals surface area contributed by atoms with E-state index in [4.69, 9.17) is 5.11 Å². The number of aromatic amines is 1. The molecule has 0 aliphatic carbocycles. The van der Waals surface area contributed by atoms with E-state index >= 15 is 0 Å². The third-order valence-corrected chi connectivity index (χ3v) is 2.79. The standard InChI is InChI=1S/C13H12FN3O4/c14-7-1-2-11(18)9(3-7)12(19)17-10(13(20)21)4-8-5-15-6-16-8/h1-3,5-6,10,18H,4H2,(H,15,16)(H,17,19)(H,20,21)/t10-/m1/s1. The molecule has 0 radical (unpaired) electrons. The number of nitrogens with one attached hydrogen (secondary N) is 2. The van der Waals surface area contributed by atoms with Gasteiger partial charge >= 0.3 is 5.97 Å². The molecular weight excluding hydrogens is 281 g/mol. The van der Waals surface area contributed by atoms with Crippen molar-refractivity contribution in [2.45, 2.75) is 12.5 Å². The molecule has 0 saturated carbocycles. The summed E-state index contributed by atoms with van der Waals surface area (Å²) in [7, 11) is 0. The number of halogens is 1. The topological polar surface area (TPSA) is 115 Å². The lowest BCUT2D eigenvalue weighted by molar-refractivity contribution is -0.139. The predicted octanol–water partition coefficient (Wildman–Crippen LogP) is 0.680. The van der Waals surface area contributed by atoms with Crippen LogP contribution in [-0.4, -0.2) is 38.1 Å². The van der Waals surface area contributed by atoms with E-state index in [1.807, 2.05) is 0 Å². The molecule has 110 valence electrons. The zero-order valence-corrected chi connectivity index (χ0v) is 10.7. The molecule has 7 nitrogen and oxygen atoms in total. The van der Waals surface area contributed by atoms with E-state index in [1.54, 1.807) is 0 Å². The normalized spacial score (nSPS) is 11.9. The lowest BCUT2D eigenvalue weighted by Crippen LogP contribution is -2.42. The van der Waals surface area contributed by atoms with Crippen LogP contribution in [0.4, 0.5) is 4.39 Å². The maximum absolute atomic E-state index is 13.1. The number of benzene rings is 1. The first-order chi connectivity index (χ1) is 9.97. The van der Waals surface area contributed by atoms with Crippen LogP contribution < -0.4 is 5.32 Å². The largest absolute Gasteiger partial charge is 0.507 e. The lowest BCUT2D eigenvalue weighted by atomic mass is 10.1. The number of carbonyl (C=O) groups excluding carboxylic acids is 1. The number of aliphatic carboxylic acids is 1. The first kappa shape index (κ1) is 14.5. The second-order valence-corrected chi connectivity index (χ2v) is 4.31. The van der Waals surface area contributed by atoms with Gasteiger partial charge in [0.25, 0.3) is 5.91 Å². The third-order valence-electron chi connectivity index (χ3n) is 2.79. The number of amides is 1. The third kappa shape index (κ3) is 3.56. The maximum atomic E-state index is 13.1. The summed E-state index contributed by atoms with van der Waals surface area (Å²) >= 11 is 0. The molecule has 0 saturated heterocycles. The van der Waals surface area contributed by atoms with Gasteiger partial charge in [0.1, 0.15) is 17.6 Å².